The van der Waals surface area contributed by atoms with E-state index in [0.717, 1.165) is 22.9 Å². The maximum absolute atomic E-state index is 12.0. The minimum Gasteiger partial charge on any atom is -0.461 e. The van der Waals surface area contributed by atoms with Crippen LogP contribution in [-0.2, 0) is 21.0 Å². The van der Waals surface area contributed by atoms with Crippen molar-refractivity contribution in [2.45, 2.75) is 13.3 Å². The molecule has 10 heteroatoms. The summed E-state index contributed by atoms with van der Waals surface area (Å²) in [4.78, 5) is 20.6. The zero-order valence-corrected chi connectivity index (χ0v) is 19.9. The summed E-state index contributed by atoms with van der Waals surface area (Å²) in [6.07, 6.45) is 1.78. The number of carbonyl (C=O) groups excluding carboxylic acids is 1. The number of esters is 1. The highest BCUT2D eigenvalue weighted by Crippen LogP contribution is 2.28. The summed E-state index contributed by atoms with van der Waals surface area (Å²) >= 11 is 6.22. The van der Waals surface area contributed by atoms with Crippen LogP contribution in [0.1, 0.15) is 21.5 Å². The predicted octanol–water partition coefficient (Wildman–Crippen LogP) is 3.54. The van der Waals surface area contributed by atoms with E-state index < -0.39 is 15.8 Å². The van der Waals surface area contributed by atoms with Crippen LogP contribution in [0.5, 0.6) is 0 Å². The first-order chi connectivity index (χ1) is 15.6. The lowest BCUT2D eigenvalue weighted by atomic mass is 10.1. The first-order valence-corrected chi connectivity index (χ1v) is 12.6. The number of nitrogen functional groups attached to an aromatic ring is 1. The molecule has 3 rings (SSSR count). The van der Waals surface area contributed by atoms with Gasteiger partial charge in [-0.2, -0.15) is 4.98 Å². The van der Waals surface area contributed by atoms with E-state index in [1.165, 1.54) is 0 Å². The van der Waals surface area contributed by atoms with Gasteiger partial charge in [0.15, 0.2) is 9.84 Å². The maximum atomic E-state index is 12.0. The Kier molecular flexibility index (Phi) is 7.88. The molecular weight excluding hydrogens is 464 g/mol. The topological polar surface area (TPSA) is 124 Å². The number of nitrogens with zero attached hydrogens (tertiary/aromatic N) is 2. The summed E-state index contributed by atoms with van der Waals surface area (Å²) in [6.45, 7) is 2.35. The second-order valence-corrected chi connectivity index (χ2v) is 10.2. The van der Waals surface area contributed by atoms with E-state index in [2.05, 4.69) is 15.3 Å². The Morgan fingerprint density at radius 2 is 1.88 bits per heavy atom. The van der Waals surface area contributed by atoms with Gasteiger partial charge in [-0.25, -0.2) is 18.2 Å². The normalized spacial score (nSPS) is 11.2. The molecule has 2 aromatic carbocycles. The Balaban J connectivity index is 1.58. The SMILES string of the molecule is Cc1c(Cl)cccc1-c1cc(NCCc2ccc(C(=O)OCCS(C)(=O)=O)cc2)nc(N)n1. The van der Waals surface area contributed by atoms with Crippen molar-refractivity contribution in [1.29, 1.82) is 0 Å². The van der Waals surface area contributed by atoms with Crippen molar-refractivity contribution in [2.24, 2.45) is 0 Å². The first kappa shape index (κ1) is 24.5. The molecule has 0 amide bonds. The molecule has 1 heterocycles. The largest absolute Gasteiger partial charge is 0.461 e. The van der Waals surface area contributed by atoms with Crippen molar-refractivity contribution in [1.82, 2.24) is 9.97 Å². The van der Waals surface area contributed by atoms with Crippen LogP contribution in [0.4, 0.5) is 11.8 Å². The van der Waals surface area contributed by atoms with E-state index in [1.807, 2.05) is 43.3 Å². The van der Waals surface area contributed by atoms with E-state index in [0.29, 0.717) is 35.1 Å². The molecule has 0 spiro atoms. The summed E-state index contributed by atoms with van der Waals surface area (Å²) in [5.74, 6) is 0.00829. The number of benzene rings is 2. The summed E-state index contributed by atoms with van der Waals surface area (Å²) in [7, 11) is -3.17. The van der Waals surface area contributed by atoms with Gasteiger partial charge in [0.1, 0.15) is 12.4 Å². The second-order valence-electron chi connectivity index (χ2n) is 7.55. The van der Waals surface area contributed by atoms with E-state index in [1.54, 1.807) is 12.1 Å². The van der Waals surface area contributed by atoms with Gasteiger partial charge in [-0.3, -0.25) is 0 Å². The summed E-state index contributed by atoms with van der Waals surface area (Å²) < 4.78 is 27.2. The van der Waals surface area contributed by atoms with Crippen molar-refractivity contribution in [3.63, 3.8) is 0 Å². The van der Waals surface area contributed by atoms with Crippen LogP contribution in [-0.4, -0.2) is 49.5 Å². The molecule has 0 radical (unpaired) electrons. The third-order valence-corrected chi connectivity index (χ3v) is 6.20. The lowest BCUT2D eigenvalue weighted by molar-refractivity contribution is 0.0529. The molecule has 0 aliphatic heterocycles. The van der Waals surface area contributed by atoms with Crippen molar-refractivity contribution < 1.29 is 17.9 Å². The average molecular weight is 489 g/mol. The van der Waals surface area contributed by atoms with Crippen molar-refractivity contribution in [2.75, 3.05) is 36.2 Å². The third kappa shape index (κ3) is 7.16. The monoisotopic (exact) mass is 488 g/mol. The number of rotatable bonds is 9. The Hall–Kier alpha value is -3.17. The Bertz CT molecular complexity index is 1250. The van der Waals surface area contributed by atoms with Gasteiger partial charge in [-0.1, -0.05) is 35.9 Å². The number of ether oxygens (including phenoxy) is 1. The molecule has 33 heavy (non-hydrogen) atoms. The van der Waals surface area contributed by atoms with Crippen LogP contribution >= 0.6 is 11.6 Å². The van der Waals surface area contributed by atoms with Crippen LogP contribution in [0.3, 0.4) is 0 Å². The number of halogens is 1. The number of carbonyl (C=O) groups is 1. The molecule has 0 saturated heterocycles. The van der Waals surface area contributed by atoms with Gasteiger partial charge in [-0.15, -0.1) is 0 Å². The highest BCUT2D eigenvalue weighted by molar-refractivity contribution is 7.90. The van der Waals surface area contributed by atoms with Crippen molar-refractivity contribution in [3.8, 4) is 11.3 Å². The number of hydrogen-bond acceptors (Lipinski definition) is 8. The highest BCUT2D eigenvalue weighted by Gasteiger charge is 2.11. The van der Waals surface area contributed by atoms with Crippen LogP contribution in [0.15, 0.2) is 48.5 Å². The standard InChI is InChI=1S/C23H25ClN4O4S/c1-15-18(4-3-5-19(15)24)20-14-21(28-23(25)27-20)26-11-10-16-6-8-17(9-7-16)22(29)32-12-13-33(2,30)31/h3-9,14H,10-13H2,1-2H3,(H3,25,26,27,28). The zero-order valence-electron chi connectivity index (χ0n) is 18.3. The van der Waals surface area contributed by atoms with Crippen LogP contribution in [0.2, 0.25) is 5.02 Å². The average Bonchev–Trinajstić information content (AvgIpc) is 2.75. The lowest BCUT2D eigenvalue weighted by Crippen LogP contribution is -2.14. The van der Waals surface area contributed by atoms with Gasteiger partial charge in [0, 0.05) is 29.5 Å². The van der Waals surface area contributed by atoms with Gasteiger partial charge < -0.3 is 15.8 Å². The first-order valence-electron chi connectivity index (χ1n) is 10.2. The fourth-order valence-electron chi connectivity index (χ4n) is 3.09. The molecule has 174 valence electrons. The molecule has 0 atom stereocenters. The second kappa shape index (κ2) is 10.6. The van der Waals surface area contributed by atoms with Gasteiger partial charge in [-0.05, 0) is 42.7 Å². The van der Waals surface area contributed by atoms with E-state index in [-0.39, 0.29) is 18.3 Å². The Morgan fingerprint density at radius 3 is 2.58 bits per heavy atom. The molecular formula is C23H25ClN4O4S. The van der Waals surface area contributed by atoms with Crippen LogP contribution < -0.4 is 11.1 Å². The molecule has 0 saturated carbocycles. The van der Waals surface area contributed by atoms with Gasteiger partial charge in [0.25, 0.3) is 0 Å². The Morgan fingerprint density at radius 1 is 1.15 bits per heavy atom. The minimum atomic E-state index is -3.17. The van der Waals surface area contributed by atoms with Gasteiger partial charge in [0.2, 0.25) is 5.95 Å². The lowest BCUT2D eigenvalue weighted by Gasteiger charge is -2.11. The maximum Gasteiger partial charge on any atom is 0.338 e. The highest BCUT2D eigenvalue weighted by atomic mass is 35.5. The molecule has 0 bridgehead atoms. The van der Waals surface area contributed by atoms with Crippen LogP contribution in [0, 0.1) is 6.92 Å². The summed E-state index contributed by atoms with van der Waals surface area (Å²) in [5.41, 5.74) is 9.75. The zero-order chi connectivity index (χ0) is 24.0. The van der Waals surface area contributed by atoms with Crippen LogP contribution in [0.25, 0.3) is 11.3 Å². The molecule has 3 N–H and O–H groups in total. The van der Waals surface area contributed by atoms with Gasteiger partial charge in [0.05, 0.1) is 17.0 Å². The number of anilines is 2. The smallest absolute Gasteiger partial charge is 0.338 e. The number of nitrogens with two attached hydrogens (primary N) is 1. The molecule has 1 aromatic heterocycles. The molecule has 8 nitrogen and oxygen atoms in total. The fourth-order valence-corrected chi connectivity index (χ4v) is 3.65. The predicted molar refractivity (Wildman–Crippen MR) is 130 cm³/mol. The molecule has 0 aliphatic rings. The van der Waals surface area contributed by atoms with E-state index in [9.17, 15) is 13.2 Å². The molecule has 0 aliphatic carbocycles. The summed E-state index contributed by atoms with van der Waals surface area (Å²) in [5, 5.41) is 3.90. The minimum absolute atomic E-state index is 0.160. The van der Waals surface area contributed by atoms with E-state index >= 15 is 0 Å². The van der Waals surface area contributed by atoms with Crippen molar-refractivity contribution in [3.05, 3.63) is 70.2 Å². The number of hydrogen-bond donors (Lipinski definition) is 2. The van der Waals surface area contributed by atoms with Gasteiger partial charge >= 0.3 is 5.97 Å². The third-order valence-electron chi connectivity index (χ3n) is 4.88. The van der Waals surface area contributed by atoms with Crippen molar-refractivity contribution >= 4 is 39.2 Å². The molecule has 0 fully saturated rings. The quantitative estimate of drug-likeness (QED) is 0.438. The fraction of sp³-hybridized carbons (Fsp3) is 0.261. The molecule has 0 unspecified atom stereocenters. The van der Waals surface area contributed by atoms with E-state index in [4.69, 9.17) is 22.1 Å². The molecule has 3 aromatic rings. The number of aromatic nitrogens is 2. The number of sulfone groups is 1. The summed E-state index contributed by atoms with van der Waals surface area (Å²) in [6, 6.07) is 14.4. The number of nitrogens with one attached hydrogen (secondary N) is 1. The Labute approximate surface area is 198 Å².